The van der Waals surface area contributed by atoms with E-state index in [4.69, 9.17) is 0 Å². The molecule has 2 aliphatic heterocycles. The average molecular weight is 431 g/mol. The first-order valence-corrected chi connectivity index (χ1v) is 12.0. The van der Waals surface area contributed by atoms with Crippen LogP contribution in [-0.2, 0) is 28.4 Å². The lowest BCUT2D eigenvalue weighted by atomic mass is 9.84. The van der Waals surface area contributed by atoms with E-state index in [1.54, 1.807) is 22.1 Å². The summed E-state index contributed by atoms with van der Waals surface area (Å²) in [4.78, 5) is 19.3. The van der Waals surface area contributed by atoms with Crippen molar-refractivity contribution in [2.24, 2.45) is 7.05 Å². The van der Waals surface area contributed by atoms with Gasteiger partial charge in [0.2, 0.25) is 5.91 Å². The van der Waals surface area contributed by atoms with Crippen molar-refractivity contribution in [1.29, 1.82) is 0 Å². The van der Waals surface area contributed by atoms with Crippen LogP contribution < -0.4 is 0 Å². The Balaban J connectivity index is 1.71. The van der Waals surface area contributed by atoms with E-state index in [1.807, 2.05) is 17.0 Å². The Labute approximate surface area is 178 Å². The SMILES string of the molecule is Cc1ccccc1CN1C(=O)CCCC[C@H]2N(S(=O)(=O)c3cn(C)cn3)CC[C@]21C. The molecule has 2 saturated heterocycles. The molecule has 1 amide bonds. The monoisotopic (exact) mass is 430 g/mol. The number of aryl methyl sites for hydroxylation is 2. The summed E-state index contributed by atoms with van der Waals surface area (Å²) in [6.45, 7) is 5.02. The second kappa shape index (κ2) is 7.81. The van der Waals surface area contributed by atoms with Crippen LogP contribution in [0.5, 0.6) is 0 Å². The molecule has 0 unspecified atom stereocenters. The molecule has 2 aliphatic rings. The summed E-state index contributed by atoms with van der Waals surface area (Å²) in [5.74, 6) is 0.113. The molecule has 8 heteroatoms. The summed E-state index contributed by atoms with van der Waals surface area (Å²) >= 11 is 0. The van der Waals surface area contributed by atoms with Crippen LogP contribution in [0, 0.1) is 6.92 Å². The third-order valence-corrected chi connectivity index (χ3v) is 8.58. The van der Waals surface area contributed by atoms with Crippen LogP contribution >= 0.6 is 0 Å². The molecule has 2 aromatic rings. The summed E-state index contributed by atoms with van der Waals surface area (Å²) in [5, 5.41) is 0.0769. The van der Waals surface area contributed by atoms with Crippen LogP contribution in [0.4, 0.5) is 0 Å². The average Bonchev–Trinajstić information content (AvgIpc) is 3.28. The number of likely N-dealkylation sites (tertiary alicyclic amines) is 1. The highest BCUT2D eigenvalue weighted by Crippen LogP contribution is 2.42. The maximum absolute atomic E-state index is 13.4. The van der Waals surface area contributed by atoms with Crippen LogP contribution in [0.15, 0.2) is 41.8 Å². The summed E-state index contributed by atoms with van der Waals surface area (Å²) in [5.41, 5.74) is 1.71. The third kappa shape index (κ3) is 3.56. The van der Waals surface area contributed by atoms with E-state index < -0.39 is 15.6 Å². The quantitative estimate of drug-likeness (QED) is 0.748. The van der Waals surface area contributed by atoms with Crippen molar-refractivity contribution < 1.29 is 13.2 Å². The number of hydrogen-bond donors (Lipinski definition) is 0. The van der Waals surface area contributed by atoms with Gasteiger partial charge in [-0.15, -0.1) is 0 Å². The predicted octanol–water partition coefficient (Wildman–Crippen LogP) is 2.85. The number of imidazole rings is 1. The second-order valence-electron chi connectivity index (χ2n) is 8.77. The lowest BCUT2D eigenvalue weighted by Crippen LogP contribution is -2.58. The van der Waals surface area contributed by atoms with Gasteiger partial charge in [-0.2, -0.15) is 4.31 Å². The second-order valence-corrected chi connectivity index (χ2v) is 10.6. The lowest BCUT2D eigenvalue weighted by molar-refractivity contribution is -0.140. The number of carbonyl (C=O) groups excluding carboxylic acids is 1. The molecule has 30 heavy (non-hydrogen) atoms. The topological polar surface area (TPSA) is 75.5 Å². The van der Waals surface area contributed by atoms with Crippen LogP contribution in [0.25, 0.3) is 0 Å². The van der Waals surface area contributed by atoms with Gasteiger partial charge in [-0.05, 0) is 44.2 Å². The number of benzene rings is 1. The summed E-state index contributed by atoms with van der Waals surface area (Å²) in [7, 11) is -1.95. The molecule has 2 fully saturated rings. The van der Waals surface area contributed by atoms with Gasteiger partial charge in [0.15, 0.2) is 5.03 Å². The van der Waals surface area contributed by atoms with Crippen molar-refractivity contribution in [1.82, 2.24) is 18.8 Å². The maximum Gasteiger partial charge on any atom is 0.262 e. The van der Waals surface area contributed by atoms with E-state index >= 15 is 0 Å². The molecule has 2 atom stereocenters. The van der Waals surface area contributed by atoms with E-state index in [0.717, 1.165) is 30.4 Å². The number of fused-ring (bicyclic) bond motifs is 1. The van der Waals surface area contributed by atoms with Crippen LogP contribution in [-0.4, -0.2) is 51.2 Å². The van der Waals surface area contributed by atoms with Crippen molar-refractivity contribution in [3.05, 3.63) is 47.9 Å². The van der Waals surface area contributed by atoms with E-state index in [2.05, 4.69) is 31.0 Å². The van der Waals surface area contributed by atoms with Crippen LogP contribution in [0.3, 0.4) is 0 Å². The van der Waals surface area contributed by atoms with Gasteiger partial charge in [-0.1, -0.05) is 30.7 Å². The number of rotatable bonds is 4. The van der Waals surface area contributed by atoms with E-state index in [1.165, 1.54) is 6.33 Å². The van der Waals surface area contributed by atoms with Crippen molar-refractivity contribution in [2.75, 3.05) is 6.54 Å². The Morgan fingerprint density at radius 2 is 2.00 bits per heavy atom. The Bertz CT molecular complexity index is 1050. The zero-order valence-corrected chi connectivity index (χ0v) is 18.7. The Morgan fingerprint density at radius 3 is 2.70 bits per heavy atom. The molecule has 162 valence electrons. The minimum Gasteiger partial charge on any atom is -0.339 e. The Morgan fingerprint density at radius 1 is 1.23 bits per heavy atom. The molecule has 0 spiro atoms. The molecule has 0 saturated carbocycles. The fourth-order valence-corrected chi connectivity index (χ4v) is 6.65. The molecule has 0 radical (unpaired) electrons. The number of hydrogen-bond acceptors (Lipinski definition) is 4. The summed E-state index contributed by atoms with van der Waals surface area (Å²) < 4.78 is 30.0. The van der Waals surface area contributed by atoms with Crippen LogP contribution in [0.1, 0.15) is 50.2 Å². The first-order chi connectivity index (χ1) is 14.2. The normalized spacial score (nSPS) is 25.8. The smallest absolute Gasteiger partial charge is 0.262 e. The Hall–Kier alpha value is -2.19. The molecule has 0 aliphatic carbocycles. The number of sulfonamides is 1. The zero-order chi connectivity index (χ0) is 21.5. The van der Waals surface area contributed by atoms with E-state index in [0.29, 0.717) is 25.9 Å². The minimum atomic E-state index is -3.71. The molecular formula is C22H30N4O3S. The maximum atomic E-state index is 13.4. The van der Waals surface area contributed by atoms with Gasteiger partial charge in [-0.3, -0.25) is 4.79 Å². The number of nitrogens with zero attached hydrogens (tertiary/aromatic N) is 4. The van der Waals surface area contributed by atoms with Gasteiger partial charge in [-0.25, -0.2) is 13.4 Å². The summed E-state index contributed by atoms with van der Waals surface area (Å²) in [6, 6.07) is 7.84. The molecule has 1 aromatic heterocycles. The molecule has 3 heterocycles. The highest BCUT2D eigenvalue weighted by atomic mass is 32.2. The van der Waals surface area contributed by atoms with E-state index in [-0.39, 0.29) is 17.0 Å². The lowest BCUT2D eigenvalue weighted by Gasteiger charge is -2.45. The van der Waals surface area contributed by atoms with Crippen LogP contribution in [0.2, 0.25) is 0 Å². The fourth-order valence-electron chi connectivity index (χ4n) is 4.93. The summed E-state index contributed by atoms with van der Waals surface area (Å²) in [6.07, 6.45) is 6.58. The fraction of sp³-hybridized carbons (Fsp3) is 0.545. The van der Waals surface area contributed by atoms with Crippen molar-refractivity contribution in [3.63, 3.8) is 0 Å². The molecule has 0 bridgehead atoms. The molecule has 0 N–H and O–H groups in total. The first kappa shape index (κ1) is 21.1. The zero-order valence-electron chi connectivity index (χ0n) is 17.9. The van der Waals surface area contributed by atoms with Gasteiger partial charge in [0.1, 0.15) is 0 Å². The van der Waals surface area contributed by atoms with Gasteiger partial charge < -0.3 is 9.47 Å². The van der Waals surface area contributed by atoms with Gasteiger partial charge >= 0.3 is 0 Å². The van der Waals surface area contributed by atoms with Gasteiger partial charge in [0.25, 0.3) is 10.0 Å². The highest BCUT2D eigenvalue weighted by molar-refractivity contribution is 7.89. The molecule has 7 nitrogen and oxygen atoms in total. The largest absolute Gasteiger partial charge is 0.339 e. The predicted molar refractivity (Wildman–Crippen MR) is 114 cm³/mol. The van der Waals surface area contributed by atoms with Crippen molar-refractivity contribution in [3.8, 4) is 0 Å². The number of amides is 1. The molecular weight excluding hydrogens is 400 g/mol. The third-order valence-electron chi connectivity index (χ3n) is 6.78. The first-order valence-electron chi connectivity index (χ1n) is 10.6. The van der Waals surface area contributed by atoms with E-state index in [9.17, 15) is 13.2 Å². The van der Waals surface area contributed by atoms with Crippen molar-refractivity contribution in [2.45, 2.75) is 69.1 Å². The highest BCUT2D eigenvalue weighted by Gasteiger charge is 2.53. The Kier molecular flexibility index (Phi) is 5.48. The van der Waals surface area contributed by atoms with Crippen molar-refractivity contribution >= 4 is 15.9 Å². The molecule has 4 rings (SSSR count). The number of carbonyl (C=O) groups is 1. The standard InChI is InChI=1S/C22H30N4O3S/c1-17-8-4-5-9-18(17)14-25-21(27)11-7-6-10-19-22(25,2)12-13-26(19)30(28,29)20-15-24(3)16-23-20/h4-5,8-9,15-16,19H,6-7,10-14H2,1-3H3/t19-,22-/m1/s1. The van der Waals surface area contributed by atoms with Gasteiger partial charge in [0, 0.05) is 38.8 Å². The van der Waals surface area contributed by atoms with Gasteiger partial charge in [0.05, 0.1) is 11.9 Å². The number of aromatic nitrogens is 2. The molecule has 1 aromatic carbocycles. The minimum absolute atomic E-state index is 0.0769.